The molecule has 0 saturated carbocycles. The van der Waals surface area contributed by atoms with E-state index >= 15 is 0 Å². The van der Waals surface area contributed by atoms with Crippen LogP contribution < -0.4 is 64.9 Å². The van der Waals surface area contributed by atoms with Gasteiger partial charge in [-0.15, -0.1) is 10.2 Å². The summed E-state index contributed by atoms with van der Waals surface area (Å²) in [6, 6.07) is -9.38. The van der Waals surface area contributed by atoms with Crippen molar-refractivity contribution in [3.63, 3.8) is 0 Å². The molecule has 19 N–H and O–H groups in total. The number of aliphatic carboxylic acids is 3. The highest BCUT2D eigenvalue weighted by Gasteiger charge is 2.35. The SMILES string of the molecule is NCCCC[C@H](NC(=O)CCCCCNC(=O)CCC(=O)Nc1nnc(S(N)(=O)=O)s1)C(=O)N[C@@H](CC(=O)O)C(=O)N[C@@H](CCCCN)C(=O)N[C@@H](CC(=O)O)C(=O)N[C@@H](CCCCN)C(=O)N[C@@H](CS)C(=O)O. The summed E-state index contributed by atoms with van der Waals surface area (Å²) >= 11 is 4.46. The van der Waals surface area contributed by atoms with Gasteiger partial charge >= 0.3 is 17.9 Å². The third-order valence-electron chi connectivity index (χ3n) is 10.5. The lowest BCUT2D eigenvalue weighted by molar-refractivity contribution is -0.143. The zero-order chi connectivity index (χ0) is 55.8. The number of amides is 8. The van der Waals surface area contributed by atoms with Gasteiger partial charge in [0.25, 0.3) is 10.0 Å². The molecule has 0 aromatic carbocycles. The van der Waals surface area contributed by atoms with Gasteiger partial charge in [-0.2, -0.15) is 12.6 Å². The molecule has 0 unspecified atom stereocenters. The first-order chi connectivity index (χ1) is 34.9. The van der Waals surface area contributed by atoms with Crippen LogP contribution in [-0.2, 0) is 62.8 Å². The average molecular weight is 1110 g/mol. The van der Waals surface area contributed by atoms with Gasteiger partial charge < -0.3 is 75.1 Å². The van der Waals surface area contributed by atoms with E-state index in [2.05, 4.69) is 65.4 Å². The summed E-state index contributed by atoms with van der Waals surface area (Å²) in [5.41, 5.74) is 16.8. The number of sulfonamides is 1. The van der Waals surface area contributed by atoms with E-state index in [0.717, 1.165) is 0 Å². The third-order valence-corrected chi connectivity index (χ3v) is 13.0. The maximum absolute atomic E-state index is 13.8. The number of anilines is 1. The lowest BCUT2D eigenvalue weighted by Crippen LogP contribution is -2.60. The van der Waals surface area contributed by atoms with Crippen molar-refractivity contribution in [1.29, 1.82) is 0 Å². The number of hydrogen-bond donors (Lipinski definition) is 16. The Balaban J connectivity index is 3.03. The topological polar surface area (TPSA) is 509 Å². The van der Waals surface area contributed by atoms with Gasteiger partial charge in [-0.05, 0) is 90.3 Å². The number of aromatic nitrogens is 2. The van der Waals surface area contributed by atoms with Crippen LogP contribution in [0.3, 0.4) is 0 Å². The number of unbranched alkanes of at least 4 members (excludes halogenated alkanes) is 5. The summed E-state index contributed by atoms with van der Waals surface area (Å²) in [6.45, 7) is 0.804. The highest BCUT2D eigenvalue weighted by Crippen LogP contribution is 2.19. The molecule has 1 heterocycles. The van der Waals surface area contributed by atoms with Gasteiger partial charge in [0.15, 0.2) is 0 Å². The number of rotatable bonds is 40. The summed E-state index contributed by atoms with van der Waals surface area (Å²) in [5.74, 6) is -11.8. The van der Waals surface area contributed by atoms with Crippen molar-refractivity contribution in [2.24, 2.45) is 22.3 Å². The largest absolute Gasteiger partial charge is 0.481 e. The molecule has 0 spiro atoms. The van der Waals surface area contributed by atoms with E-state index in [0.29, 0.717) is 56.3 Å². The second-order valence-corrected chi connectivity index (χ2v) is 19.7. The van der Waals surface area contributed by atoms with Crippen molar-refractivity contribution in [3.8, 4) is 0 Å². The minimum absolute atomic E-state index is 0.0274. The number of carboxylic acid groups (broad SMARTS) is 3. The van der Waals surface area contributed by atoms with Crippen molar-refractivity contribution in [3.05, 3.63) is 0 Å². The molecule has 0 aliphatic heterocycles. The molecule has 0 radical (unpaired) electrons. The summed E-state index contributed by atoms with van der Waals surface area (Å²) in [7, 11) is -4.10. The van der Waals surface area contributed by atoms with Crippen LogP contribution in [0.4, 0.5) is 5.13 Å². The van der Waals surface area contributed by atoms with Gasteiger partial charge in [-0.3, -0.25) is 47.9 Å². The van der Waals surface area contributed by atoms with E-state index in [1.165, 1.54) is 0 Å². The predicted octanol–water partition coefficient (Wildman–Crippen LogP) is -4.16. The summed E-state index contributed by atoms with van der Waals surface area (Å²) in [4.78, 5) is 141. The van der Waals surface area contributed by atoms with Crippen LogP contribution in [0.15, 0.2) is 4.34 Å². The number of nitrogens with zero attached hydrogens (tertiary/aromatic N) is 2. The smallest absolute Gasteiger partial charge is 0.327 e. The second kappa shape index (κ2) is 35.9. The average Bonchev–Trinajstić information content (AvgIpc) is 3.81. The van der Waals surface area contributed by atoms with E-state index in [1.807, 2.05) is 0 Å². The normalized spacial score (nSPS) is 13.6. The van der Waals surface area contributed by atoms with Gasteiger partial charge in [-0.1, -0.05) is 17.8 Å². The van der Waals surface area contributed by atoms with Crippen molar-refractivity contribution in [2.45, 2.75) is 150 Å². The number of nitrogens with two attached hydrogens (primary N) is 4. The minimum atomic E-state index is -4.10. The quantitative estimate of drug-likeness (QED) is 0.0168. The van der Waals surface area contributed by atoms with Crippen molar-refractivity contribution >= 4 is 104 Å². The highest BCUT2D eigenvalue weighted by molar-refractivity contribution is 7.91. The Kier molecular flexibility index (Phi) is 32.0. The van der Waals surface area contributed by atoms with Crippen LogP contribution in [0.1, 0.15) is 109 Å². The van der Waals surface area contributed by atoms with Crippen LogP contribution in [0.25, 0.3) is 0 Å². The van der Waals surface area contributed by atoms with E-state index in [-0.39, 0.29) is 88.4 Å². The fourth-order valence-corrected chi connectivity index (χ4v) is 8.15. The van der Waals surface area contributed by atoms with Crippen LogP contribution in [0.2, 0.25) is 0 Å². The van der Waals surface area contributed by atoms with E-state index in [1.54, 1.807) is 0 Å². The fourth-order valence-electron chi connectivity index (χ4n) is 6.55. The molecule has 0 saturated heterocycles. The standard InChI is InChI=1S/C41H70N14O16S3/c42-16-6-3-10-23(47-30(57)13-2-1-9-19-46-29(56)14-15-31(58)53-40-54-55-41(73-40)74(45,70)71)34(63)50-26(20-32(59)60)37(66)48-24(11-4-7-17-43)35(64)51-27(21-33(61)62)38(67)49-25(12-5-8-18-44)36(65)52-28(22-72)39(68)69/h23-28,72H,1-22,42-44H2,(H,46,56)(H,47,57)(H,48,66)(H,49,67)(H,50,63)(H,51,64)(H,52,65)(H,59,60)(H,61,62)(H,68,69)(H2,45,70,71)(H,53,54,58)/t23-,24-,25-,26-,27-,28-/m0/s1. The van der Waals surface area contributed by atoms with Crippen molar-refractivity contribution in [1.82, 2.24) is 47.4 Å². The molecule has 0 fully saturated rings. The summed E-state index contributed by atoms with van der Waals surface area (Å²) in [6.07, 6.45) is 0.415. The van der Waals surface area contributed by atoms with Gasteiger partial charge in [-0.25, -0.2) is 18.4 Å². The molecule has 1 aromatic rings. The molecule has 0 bridgehead atoms. The van der Waals surface area contributed by atoms with Crippen molar-refractivity contribution < 1.29 is 76.5 Å². The molecule has 418 valence electrons. The molecule has 0 aliphatic carbocycles. The second-order valence-electron chi connectivity index (χ2n) is 16.6. The fraction of sp³-hybridized carbons (Fsp3) is 0.683. The molecule has 6 atom stereocenters. The number of thiol groups is 1. The first kappa shape index (κ1) is 65.9. The van der Waals surface area contributed by atoms with Gasteiger partial charge in [0.1, 0.15) is 36.3 Å². The maximum atomic E-state index is 13.8. The third kappa shape index (κ3) is 27.8. The predicted molar refractivity (Wildman–Crippen MR) is 267 cm³/mol. The molecule has 1 aromatic heterocycles. The number of primary sulfonamides is 1. The first-order valence-corrected chi connectivity index (χ1v) is 26.6. The van der Waals surface area contributed by atoms with Crippen LogP contribution in [-0.4, -0.2) is 167 Å². The zero-order valence-corrected chi connectivity index (χ0v) is 43.2. The maximum Gasteiger partial charge on any atom is 0.327 e. The Morgan fingerprint density at radius 3 is 1.34 bits per heavy atom. The Morgan fingerprint density at radius 1 is 0.514 bits per heavy atom. The van der Waals surface area contributed by atoms with Crippen LogP contribution in [0.5, 0.6) is 0 Å². The van der Waals surface area contributed by atoms with E-state index in [4.69, 9.17) is 22.3 Å². The number of nitrogens with one attached hydrogen (secondary N) is 8. The number of carbonyl (C=O) groups excluding carboxylic acids is 8. The number of carboxylic acids is 3. The lowest BCUT2D eigenvalue weighted by atomic mass is 10.0. The van der Waals surface area contributed by atoms with E-state index in [9.17, 15) is 76.5 Å². The highest BCUT2D eigenvalue weighted by atomic mass is 32.2. The molecule has 0 aliphatic rings. The first-order valence-electron chi connectivity index (χ1n) is 23.6. The molecule has 74 heavy (non-hydrogen) atoms. The number of carbonyl (C=O) groups is 11. The van der Waals surface area contributed by atoms with Crippen LogP contribution in [0, 0.1) is 0 Å². The molecular formula is C41H70N14O16S3. The monoisotopic (exact) mass is 1110 g/mol. The molecule has 1 rings (SSSR count). The Bertz CT molecular complexity index is 2170. The minimum Gasteiger partial charge on any atom is -0.481 e. The van der Waals surface area contributed by atoms with Gasteiger partial charge in [0, 0.05) is 31.6 Å². The van der Waals surface area contributed by atoms with Gasteiger partial charge in [0.05, 0.1) is 12.8 Å². The molecule has 30 nitrogen and oxygen atoms in total. The van der Waals surface area contributed by atoms with Crippen LogP contribution >= 0.6 is 24.0 Å². The molecule has 8 amide bonds. The van der Waals surface area contributed by atoms with E-state index < -0.39 is 129 Å². The van der Waals surface area contributed by atoms with Gasteiger partial charge in [0.2, 0.25) is 56.7 Å². The summed E-state index contributed by atoms with van der Waals surface area (Å²) < 4.78 is 22.2. The van der Waals surface area contributed by atoms with Crippen molar-refractivity contribution in [2.75, 3.05) is 37.2 Å². The summed E-state index contributed by atoms with van der Waals surface area (Å²) in [5, 5.41) is 59.6. The number of hydrogen-bond acceptors (Lipinski definition) is 20. The Labute approximate surface area is 436 Å². The Morgan fingerprint density at radius 2 is 0.932 bits per heavy atom. The lowest BCUT2D eigenvalue weighted by Gasteiger charge is -2.27. The Hall–Kier alpha value is -6.13. The zero-order valence-electron chi connectivity index (χ0n) is 40.6. The molecule has 33 heteroatoms. The molecular weight excluding hydrogens is 1040 g/mol.